The molecule has 0 radical (unpaired) electrons. The second-order valence-corrected chi connectivity index (χ2v) is 12.1. The van der Waals surface area contributed by atoms with Crippen molar-refractivity contribution in [2.24, 2.45) is 23.0 Å². The molecule has 6 heteroatoms. The molecule has 0 amide bonds. The van der Waals surface area contributed by atoms with E-state index >= 15 is 0 Å². The summed E-state index contributed by atoms with van der Waals surface area (Å²) in [6, 6.07) is 15.3. The molecule has 198 valence electrons. The molecule has 5 nitrogen and oxygen atoms in total. The number of hydrogen-bond donors (Lipinski definition) is 1. The smallest absolute Gasteiger partial charge is 0.187 e. The predicted octanol–water partition coefficient (Wildman–Crippen LogP) is 5.95. The molecule has 0 fully saturated rings. The minimum absolute atomic E-state index is 0.0911. The van der Waals surface area contributed by atoms with Crippen molar-refractivity contribution in [1.82, 2.24) is 0 Å². The van der Waals surface area contributed by atoms with Gasteiger partial charge < -0.3 is 5.73 Å². The van der Waals surface area contributed by atoms with Crippen molar-refractivity contribution in [3.8, 4) is 0 Å². The number of fused-ring (bicyclic) bond motifs is 1. The molecular weight excluding hydrogens is 494 g/mol. The molecule has 2 N–H and O–H groups in total. The number of ketones is 4. The zero-order valence-electron chi connectivity index (χ0n) is 22.9. The number of thiophene rings is 1. The number of carbonyl (C=O) groups is 4. The lowest BCUT2D eigenvalue weighted by Crippen LogP contribution is -2.49. The number of aryl methyl sites for hydroxylation is 3. The summed E-state index contributed by atoms with van der Waals surface area (Å²) in [7, 11) is 0. The van der Waals surface area contributed by atoms with Crippen LogP contribution in [0.3, 0.4) is 0 Å². The largest absolute Gasteiger partial charge is 0.326 e. The SMILES string of the molecule is CC(=O)[C@H](C(C(=O)Cc1ccc(CN)cc1)[C@@H](C)c1ccc(C)c(C)c1)[C@@]1(C)C(=O)c2cc(C)sc2C1=O. The van der Waals surface area contributed by atoms with Crippen LogP contribution in [0.25, 0.3) is 0 Å². The van der Waals surface area contributed by atoms with Crippen molar-refractivity contribution in [1.29, 1.82) is 0 Å². The fourth-order valence-corrected chi connectivity index (χ4v) is 6.96. The zero-order valence-corrected chi connectivity index (χ0v) is 23.7. The van der Waals surface area contributed by atoms with Crippen molar-refractivity contribution in [2.75, 3.05) is 0 Å². The second-order valence-electron chi connectivity index (χ2n) is 10.9. The molecule has 1 unspecified atom stereocenters. The summed E-state index contributed by atoms with van der Waals surface area (Å²) in [5, 5.41) is 0. The Balaban J connectivity index is 1.83. The van der Waals surface area contributed by atoms with Gasteiger partial charge in [0, 0.05) is 35.2 Å². The molecule has 1 aliphatic carbocycles. The van der Waals surface area contributed by atoms with Crippen molar-refractivity contribution in [2.45, 2.75) is 60.4 Å². The predicted molar refractivity (Wildman–Crippen MR) is 151 cm³/mol. The molecule has 0 spiro atoms. The number of carbonyl (C=O) groups excluding carboxylic acids is 4. The van der Waals surface area contributed by atoms with E-state index in [1.54, 1.807) is 13.0 Å². The van der Waals surface area contributed by atoms with Gasteiger partial charge in [0.1, 0.15) is 17.0 Å². The fraction of sp³-hybridized carbons (Fsp3) is 0.375. The highest BCUT2D eigenvalue weighted by Gasteiger charge is 2.60. The molecule has 3 aromatic rings. The third kappa shape index (κ3) is 4.72. The minimum atomic E-state index is -1.63. The highest BCUT2D eigenvalue weighted by molar-refractivity contribution is 7.14. The minimum Gasteiger partial charge on any atom is -0.326 e. The lowest BCUT2D eigenvalue weighted by molar-refractivity contribution is -0.134. The Labute approximate surface area is 228 Å². The first-order valence-corrected chi connectivity index (χ1v) is 13.8. The first-order valence-electron chi connectivity index (χ1n) is 13.0. The maximum absolute atomic E-state index is 14.2. The van der Waals surface area contributed by atoms with Crippen molar-refractivity contribution in [3.63, 3.8) is 0 Å². The number of rotatable bonds is 9. The standard InChI is InChI=1S/C32H35NO4S/c1-17-7-12-24(13-18(17)2)20(4)27(26(35)15-22-8-10-23(16-33)11-9-22)28(21(5)34)32(6)30(36)25-14-19(3)38-29(25)31(32)37/h7-14,20,27-28H,15-16,33H2,1-6H3/t20-,27?,28+,32-/m0/s1. The van der Waals surface area contributed by atoms with Gasteiger partial charge in [-0.05, 0) is 74.4 Å². The number of Topliss-reactive ketones (excluding diaryl/α,β-unsaturated/α-hetero) is 4. The van der Waals surface area contributed by atoms with Crippen LogP contribution in [0.5, 0.6) is 0 Å². The number of hydrogen-bond acceptors (Lipinski definition) is 6. The summed E-state index contributed by atoms with van der Waals surface area (Å²) < 4.78 is 0. The van der Waals surface area contributed by atoms with Crippen LogP contribution in [-0.4, -0.2) is 23.1 Å². The molecule has 4 atom stereocenters. The lowest BCUT2D eigenvalue weighted by atomic mass is 9.60. The van der Waals surface area contributed by atoms with E-state index in [-0.39, 0.29) is 29.6 Å². The van der Waals surface area contributed by atoms with Crippen LogP contribution in [0.4, 0.5) is 0 Å². The number of nitrogens with two attached hydrogens (primary N) is 1. The van der Waals surface area contributed by atoms with E-state index in [0.717, 1.165) is 32.7 Å². The van der Waals surface area contributed by atoms with Crippen LogP contribution in [0.15, 0.2) is 48.5 Å². The van der Waals surface area contributed by atoms with Crippen LogP contribution in [-0.2, 0) is 22.6 Å². The van der Waals surface area contributed by atoms with Crippen molar-refractivity contribution >= 4 is 34.5 Å². The Hall–Kier alpha value is -3.22. The molecule has 38 heavy (non-hydrogen) atoms. The van der Waals surface area contributed by atoms with Gasteiger partial charge in [-0.25, -0.2) is 0 Å². The molecule has 2 aromatic carbocycles. The van der Waals surface area contributed by atoms with Crippen LogP contribution in [0, 0.1) is 38.0 Å². The Bertz CT molecular complexity index is 1400. The van der Waals surface area contributed by atoms with Gasteiger partial charge in [-0.2, -0.15) is 0 Å². The van der Waals surface area contributed by atoms with Crippen LogP contribution in [0.2, 0.25) is 0 Å². The quantitative estimate of drug-likeness (QED) is 0.346. The lowest BCUT2D eigenvalue weighted by Gasteiger charge is -2.38. The second kappa shape index (κ2) is 10.5. The molecule has 0 bridgehead atoms. The topological polar surface area (TPSA) is 94.3 Å². The van der Waals surface area contributed by atoms with Gasteiger partial charge in [-0.15, -0.1) is 11.3 Å². The van der Waals surface area contributed by atoms with Gasteiger partial charge in [-0.1, -0.05) is 49.4 Å². The van der Waals surface area contributed by atoms with E-state index in [1.807, 2.05) is 70.2 Å². The van der Waals surface area contributed by atoms with Crippen LogP contribution >= 0.6 is 11.3 Å². The van der Waals surface area contributed by atoms with Crippen LogP contribution < -0.4 is 5.73 Å². The number of benzene rings is 2. The van der Waals surface area contributed by atoms with Crippen molar-refractivity contribution < 1.29 is 19.2 Å². The normalized spacial score (nSPS) is 19.2. The third-order valence-electron chi connectivity index (χ3n) is 8.27. The molecule has 1 aliphatic rings. The average molecular weight is 530 g/mol. The maximum Gasteiger partial charge on any atom is 0.187 e. The Morgan fingerprint density at radius 2 is 1.55 bits per heavy atom. The van der Waals surface area contributed by atoms with Gasteiger partial charge in [0.2, 0.25) is 0 Å². The molecule has 1 aromatic heterocycles. The highest BCUT2D eigenvalue weighted by Crippen LogP contribution is 2.50. The molecule has 0 aliphatic heterocycles. The Kier molecular flexibility index (Phi) is 7.69. The molecular formula is C32H35NO4S. The van der Waals surface area contributed by atoms with E-state index in [1.165, 1.54) is 18.3 Å². The average Bonchev–Trinajstić information content (AvgIpc) is 3.34. The zero-order chi connectivity index (χ0) is 27.9. The summed E-state index contributed by atoms with van der Waals surface area (Å²) >= 11 is 1.28. The van der Waals surface area contributed by atoms with E-state index < -0.39 is 23.2 Å². The van der Waals surface area contributed by atoms with Gasteiger partial charge in [0.05, 0.1) is 4.88 Å². The summed E-state index contributed by atoms with van der Waals surface area (Å²) in [6.45, 7) is 11.2. The van der Waals surface area contributed by atoms with Gasteiger partial charge in [-0.3, -0.25) is 19.2 Å². The molecule has 1 heterocycles. The van der Waals surface area contributed by atoms with Crippen LogP contribution in [0.1, 0.15) is 79.4 Å². The highest BCUT2D eigenvalue weighted by atomic mass is 32.1. The Morgan fingerprint density at radius 3 is 2.11 bits per heavy atom. The van der Waals surface area contributed by atoms with Gasteiger partial charge in [0.15, 0.2) is 11.6 Å². The van der Waals surface area contributed by atoms with E-state index in [0.29, 0.717) is 17.0 Å². The van der Waals surface area contributed by atoms with Crippen molar-refractivity contribution in [3.05, 3.63) is 91.7 Å². The fourth-order valence-electron chi connectivity index (χ4n) is 5.89. The maximum atomic E-state index is 14.2. The molecule has 0 saturated carbocycles. The molecule has 4 rings (SSSR count). The van der Waals surface area contributed by atoms with E-state index in [2.05, 4.69) is 0 Å². The third-order valence-corrected chi connectivity index (χ3v) is 9.32. The van der Waals surface area contributed by atoms with E-state index in [9.17, 15) is 19.2 Å². The Morgan fingerprint density at radius 1 is 0.921 bits per heavy atom. The summed E-state index contributed by atoms with van der Waals surface area (Å²) in [5.74, 6) is -3.55. The van der Waals surface area contributed by atoms with Gasteiger partial charge >= 0.3 is 0 Å². The summed E-state index contributed by atoms with van der Waals surface area (Å²) in [5.41, 5.74) is 9.34. The first kappa shape index (κ1) is 27.8. The monoisotopic (exact) mass is 529 g/mol. The first-order chi connectivity index (χ1) is 17.9. The van der Waals surface area contributed by atoms with E-state index in [4.69, 9.17) is 5.73 Å². The summed E-state index contributed by atoms with van der Waals surface area (Å²) in [6.07, 6.45) is 0.0911. The van der Waals surface area contributed by atoms with Gasteiger partial charge in [0.25, 0.3) is 0 Å². The molecule has 0 saturated heterocycles. The summed E-state index contributed by atoms with van der Waals surface area (Å²) in [4.78, 5) is 56.5.